The van der Waals surface area contributed by atoms with Gasteiger partial charge in [-0.05, 0) is 37.1 Å². The first-order valence-electron chi connectivity index (χ1n) is 11.2. The number of pyridine rings is 1. The van der Waals surface area contributed by atoms with E-state index in [1.165, 1.54) is 7.11 Å². The Morgan fingerprint density at radius 2 is 1.94 bits per heavy atom. The Hall–Kier alpha value is -3.82. The average Bonchev–Trinajstić information content (AvgIpc) is 3.25. The van der Waals surface area contributed by atoms with E-state index >= 15 is 0 Å². The zero-order valence-corrected chi connectivity index (χ0v) is 19.3. The fourth-order valence-electron chi connectivity index (χ4n) is 4.43. The van der Waals surface area contributed by atoms with Crippen LogP contribution in [0.4, 0.5) is 17.2 Å². The molecular formula is C24H29N5O5. The summed E-state index contributed by atoms with van der Waals surface area (Å²) < 4.78 is 10.7. The monoisotopic (exact) mass is 467 g/mol. The molecule has 3 heterocycles. The number of primary amides is 1. The van der Waals surface area contributed by atoms with Gasteiger partial charge >= 0.3 is 0 Å². The Labute approximate surface area is 198 Å². The van der Waals surface area contributed by atoms with Gasteiger partial charge in [0.2, 0.25) is 17.7 Å². The molecule has 1 aromatic heterocycles. The Kier molecular flexibility index (Phi) is 6.85. The van der Waals surface area contributed by atoms with Crippen molar-refractivity contribution in [2.45, 2.75) is 19.3 Å². The number of nitrogens with zero attached hydrogens (tertiary/aromatic N) is 3. The number of piperidine rings is 1. The number of nitrogens with one attached hydrogen (secondary N) is 1. The molecule has 180 valence electrons. The van der Waals surface area contributed by atoms with Gasteiger partial charge in [0.05, 0.1) is 43.6 Å². The Balaban J connectivity index is 1.40. The average molecular weight is 468 g/mol. The largest absolute Gasteiger partial charge is 0.497 e. The van der Waals surface area contributed by atoms with Crippen molar-refractivity contribution < 1.29 is 23.9 Å². The van der Waals surface area contributed by atoms with E-state index in [0.29, 0.717) is 29.4 Å². The third-order valence-corrected chi connectivity index (χ3v) is 6.34. The van der Waals surface area contributed by atoms with Crippen molar-refractivity contribution in [3.63, 3.8) is 0 Å². The number of aromatic nitrogens is 1. The van der Waals surface area contributed by atoms with Gasteiger partial charge < -0.3 is 30.3 Å². The Morgan fingerprint density at radius 1 is 1.12 bits per heavy atom. The lowest BCUT2D eigenvalue weighted by molar-refractivity contribution is -0.122. The van der Waals surface area contributed by atoms with E-state index in [2.05, 4.69) is 10.3 Å². The number of amides is 3. The molecule has 2 unspecified atom stereocenters. The van der Waals surface area contributed by atoms with Crippen LogP contribution in [0.2, 0.25) is 0 Å². The van der Waals surface area contributed by atoms with E-state index in [-0.39, 0.29) is 36.6 Å². The highest BCUT2D eigenvalue weighted by atomic mass is 16.5. The van der Waals surface area contributed by atoms with Crippen LogP contribution in [0.15, 0.2) is 36.5 Å². The first kappa shape index (κ1) is 23.3. The first-order valence-corrected chi connectivity index (χ1v) is 11.2. The number of anilines is 3. The van der Waals surface area contributed by atoms with E-state index in [0.717, 1.165) is 25.2 Å². The molecule has 34 heavy (non-hydrogen) atoms. The molecule has 0 saturated carbocycles. The SMILES string of the molecule is COc1ccc(OC)c(N2CC(C(=O)Nc3ccc(N4CCCC(C(N)=O)C4)nc3)CC2=O)c1. The van der Waals surface area contributed by atoms with Gasteiger partial charge in [-0.15, -0.1) is 0 Å². The molecule has 3 amide bonds. The minimum Gasteiger partial charge on any atom is -0.497 e. The topological polar surface area (TPSA) is 127 Å². The molecule has 0 spiro atoms. The lowest BCUT2D eigenvalue weighted by atomic mass is 9.97. The molecular weight excluding hydrogens is 438 g/mol. The second-order valence-electron chi connectivity index (χ2n) is 8.53. The number of hydrogen-bond acceptors (Lipinski definition) is 7. The Morgan fingerprint density at radius 3 is 2.62 bits per heavy atom. The highest BCUT2D eigenvalue weighted by molar-refractivity contribution is 6.04. The maximum absolute atomic E-state index is 12.9. The van der Waals surface area contributed by atoms with Crippen molar-refractivity contribution in [2.75, 3.05) is 49.0 Å². The van der Waals surface area contributed by atoms with Crippen LogP contribution in [-0.4, -0.2) is 56.6 Å². The predicted octanol–water partition coefficient (Wildman–Crippen LogP) is 1.79. The van der Waals surface area contributed by atoms with Gasteiger partial charge in [0.1, 0.15) is 17.3 Å². The van der Waals surface area contributed by atoms with Crippen LogP contribution in [0.1, 0.15) is 19.3 Å². The fourth-order valence-corrected chi connectivity index (χ4v) is 4.43. The number of carbonyl (C=O) groups is 3. The molecule has 1 aromatic carbocycles. The highest BCUT2D eigenvalue weighted by Crippen LogP contribution is 2.36. The lowest BCUT2D eigenvalue weighted by Gasteiger charge is -2.32. The zero-order valence-electron chi connectivity index (χ0n) is 19.3. The van der Waals surface area contributed by atoms with E-state index in [1.807, 2.05) is 11.0 Å². The number of rotatable bonds is 7. The summed E-state index contributed by atoms with van der Waals surface area (Å²) in [5.74, 6) is 0.470. The predicted molar refractivity (Wildman–Crippen MR) is 127 cm³/mol. The second kappa shape index (κ2) is 9.98. The smallest absolute Gasteiger partial charge is 0.229 e. The number of benzene rings is 1. The van der Waals surface area contributed by atoms with Crippen LogP contribution < -0.4 is 30.3 Å². The summed E-state index contributed by atoms with van der Waals surface area (Å²) in [5.41, 5.74) is 6.58. The van der Waals surface area contributed by atoms with Crippen molar-refractivity contribution in [3.05, 3.63) is 36.5 Å². The van der Waals surface area contributed by atoms with Gasteiger partial charge in [0.25, 0.3) is 0 Å². The van der Waals surface area contributed by atoms with Crippen molar-refractivity contribution in [3.8, 4) is 11.5 Å². The summed E-state index contributed by atoms with van der Waals surface area (Å²) in [6.45, 7) is 1.58. The van der Waals surface area contributed by atoms with Gasteiger partial charge in [-0.1, -0.05) is 0 Å². The van der Waals surface area contributed by atoms with Crippen molar-refractivity contribution in [1.82, 2.24) is 4.98 Å². The van der Waals surface area contributed by atoms with Gasteiger partial charge in [-0.3, -0.25) is 14.4 Å². The molecule has 2 aliphatic rings. The summed E-state index contributed by atoms with van der Waals surface area (Å²) in [7, 11) is 3.08. The number of hydrogen-bond donors (Lipinski definition) is 2. The minimum absolute atomic E-state index is 0.0972. The van der Waals surface area contributed by atoms with Crippen molar-refractivity contribution >= 4 is 34.9 Å². The molecule has 2 aromatic rings. The number of nitrogens with two attached hydrogens (primary N) is 1. The molecule has 2 saturated heterocycles. The van der Waals surface area contributed by atoms with Crippen LogP contribution in [0, 0.1) is 11.8 Å². The van der Waals surface area contributed by atoms with Crippen LogP contribution >= 0.6 is 0 Å². The van der Waals surface area contributed by atoms with E-state index in [4.69, 9.17) is 15.2 Å². The molecule has 2 fully saturated rings. The molecule has 4 rings (SSSR count). The third-order valence-electron chi connectivity index (χ3n) is 6.34. The van der Waals surface area contributed by atoms with Crippen molar-refractivity contribution in [2.24, 2.45) is 17.6 Å². The highest BCUT2D eigenvalue weighted by Gasteiger charge is 2.36. The quantitative estimate of drug-likeness (QED) is 0.636. The molecule has 0 aliphatic carbocycles. The zero-order chi connectivity index (χ0) is 24.2. The number of carbonyl (C=O) groups excluding carboxylic acids is 3. The van der Waals surface area contributed by atoms with Gasteiger partial charge in [0.15, 0.2) is 0 Å². The van der Waals surface area contributed by atoms with Crippen molar-refractivity contribution in [1.29, 1.82) is 0 Å². The van der Waals surface area contributed by atoms with Crippen LogP contribution in [0.25, 0.3) is 0 Å². The number of methoxy groups -OCH3 is 2. The standard InChI is InChI=1S/C24H29N5O5/c1-33-18-6-7-20(34-2)19(11-18)29-14-16(10-22(29)30)24(32)27-17-5-8-21(26-12-17)28-9-3-4-15(13-28)23(25)31/h5-8,11-12,15-16H,3-4,9-10,13-14H2,1-2H3,(H2,25,31)(H,27,32). The normalized spacial score (nSPS) is 20.2. The Bertz CT molecular complexity index is 1070. The van der Waals surface area contributed by atoms with E-state index in [1.54, 1.807) is 42.5 Å². The molecule has 2 aliphatic heterocycles. The fraction of sp³-hybridized carbons (Fsp3) is 0.417. The van der Waals surface area contributed by atoms with Crippen LogP contribution in [0.5, 0.6) is 11.5 Å². The number of ether oxygens (including phenoxy) is 2. The molecule has 0 radical (unpaired) electrons. The van der Waals surface area contributed by atoms with Crippen LogP contribution in [-0.2, 0) is 14.4 Å². The maximum Gasteiger partial charge on any atom is 0.229 e. The summed E-state index contributed by atoms with van der Waals surface area (Å²) >= 11 is 0. The second-order valence-corrected chi connectivity index (χ2v) is 8.53. The summed E-state index contributed by atoms with van der Waals surface area (Å²) in [6, 6.07) is 8.79. The third kappa shape index (κ3) is 4.90. The van der Waals surface area contributed by atoms with Gasteiger partial charge in [0, 0.05) is 32.1 Å². The van der Waals surface area contributed by atoms with E-state index < -0.39 is 5.92 Å². The first-order chi connectivity index (χ1) is 16.4. The molecule has 10 nitrogen and oxygen atoms in total. The van der Waals surface area contributed by atoms with Gasteiger partial charge in [-0.25, -0.2) is 4.98 Å². The summed E-state index contributed by atoms with van der Waals surface area (Å²) in [5, 5.41) is 2.86. The lowest BCUT2D eigenvalue weighted by Crippen LogP contribution is -2.41. The summed E-state index contributed by atoms with van der Waals surface area (Å²) in [4.78, 5) is 45.1. The van der Waals surface area contributed by atoms with Gasteiger partial charge in [-0.2, -0.15) is 0 Å². The maximum atomic E-state index is 12.9. The summed E-state index contributed by atoms with van der Waals surface area (Å²) in [6.07, 6.45) is 3.34. The molecule has 0 bridgehead atoms. The molecule has 3 N–H and O–H groups in total. The molecule has 2 atom stereocenters. The van der Waals surface area contributed by atoms with E-state index in [9.17, 15) is 14.4 Å². The minimum atomic E-state index is -0.512. The van der Waals surface area contributed by atoms with Crippen LogP contribution in [0.3, 0.4) is 0 Å². The molecule has 10 heteroatoms.